The van der Waals surface area contributed by atoms with Gasteiger partial charge in [0, 0.05) is 32.2 Å². The molecule has 0 aromatic heterocycles. The van der Waals surface area contributed by atoms with Crippen molar-refractivity contribution in [1.29, 1.82) is 0 Å². The van der Waals surface area contributed by atoms with Crippen LogP contribution in [0.3, 0.4) is 0 Å². The Bertz CT molecular complexity index is 150. The third-order valence-corrected chi connectivity index (χ3v) is 3.26. The summed E-state index contributed by atoms with van der Waals surface area (Å²) in [5.41, 5.74) is 0. The van der Waals surface area contributed by atoms with Crippen LogP contribution in [0.2, 0.25) is 0 Å². The molecule has 0 amide bonds. The average molecular weight is 169 g/mol. The number of aliphatic hydroxyl groups excluding tert-OH is 1. The Kier molecular flexibility index (Phi) is 2.37. The van der Waals surface area contributed by atoms with Crippen molar-refractivity contribution in [3.8, 4) is 0 Å². The summed E-state index contributed by atoms with van der Waals surface area (Å²) < 4.78 is 0. The molecular formula is C10H19NO. The molecule has 0 radical (unpaired) electrons. The third kappa shape index (κ3) is 1.80. The molecule has 1 saturated heterocycles. The van der Waals surface area contributed by atoms with Crippen LogP contribution >= 0.6 is 0 Å². The Balaban J connectivity index is 1.62. The molecule has 0 bridgehead atoms. The molecule has 1 aliphatic carbocycles. The first-order valence-corrected chi connectivity index (χ1v) is 5.13. The second kappa shape index (κ2) is 3.35. The van der Waals surface area contributed by atoms with E-state index in [1.165, 1.54) is 19.4 Å². The van der Waals surface area contributed by atoms with Crippen LogP contribution in [0.5, 0.6) is 0 Å². The van der Waals surface area contributed by atoms with Crippen LogP contribution < -0.4 is 0 Å². The van der Waals surface area contributed by atoms with Gasteiger partial charge < -0.3 is 10.0 Å². The third-order valence-electron chi connectivity index (χ3n) is 3.26. The van der Waals surface area contributed by atoms with E-state index in [9.17, 15) is 0 Å². The lowest BCUT2D eigenvalue weighted by atomic mass is 9.97. The minimum Gasteiger partial charge on any atom is -0.396 e. The van der Waals surface area contributed by atoms with Crippen LogP contribution in [0.1, 0.15) is 19.8 Å². The van der Waals surface area contributed by atoms with Gasteiger partial charge >= 0.3 is 0 Å². The van der Waals surface area contributed by atoms with Crippen molar-refractivity contribution in [2.24, 2.45) is 17.8 Å². The number of hydrogen-bond acceptors (Lipinski definition) is 2. The molecule has 1 unspecified atom stereocenters. The van der Waals surface area contributed by atoms with Gasteiger partial charge in [0.2, 0.25) is 0 Å². The van der Waals surface area contributed by atoms with E-state index in [4.69, 9.17) is 5.11 Å². The van der Waals surface area contributed by atoms with E-state index in [0.29, 0.717) is 12.5 Å². The van der Waals surface area contributed by atoms with Crippen LogP contribution in [0.4, 0.5) is 0 Å². The summed E-state index contributed by atoms with van der Waals surface area (Å²) >= 11 is 0. The molecule has 2 nitrogen and oxygen atoms in total. The number of rotatable bonds is 4. The predicted molar refractivity (Wildman–Crippen MR) is 48.9 cm³/mol. The minimum atomic E-state index is 0.383. The largest absolute Gasteiger partial charge is 0.396 e. The molecule has 2 rings (SSSR count). The zero-order valence-corrected chi connectivity index (χ0v) is 7.87. The molecule has 0 aromatic rings. The van der Waals surface area contributed by atoms with Gasteiger partial charge in [-0.2, -0.15) is 0 Å². The second-order valence-corrected chi connectivity index (χ2v) is 4.58. The highest BCUT2D eigenvalue weighted by Crippen LogP contribution is 2.37. The lowest BCUT2D eigenvalue weighted by molar-refractivity contribution is 0.0411. The number of hydrogen-bond donors (Lipinski definition) is 1. The van der Waals surface area contributed by atoms with Crippen molar-refractivity contribution in [3.63, 3.8) is 0 Å². The maximum atomic E-state index is 8.83. The Hall–Kier alpha value is -0.0800. The highest BCUT2D eigenvalue weighted by molar-refractivity contribution is 4.85. The maximum absolute atomic E-state index is 8.83. The van der Waals surface area contributed by atoms with Gasteiger partial charge in [0.05, 0.1) is 0 Å². The molecule has 1 aliphatic heterocycles. The van der Waals surface area contributed by atoms with Crippen LogP contribution in [0.15, 0.2) is 0 Å². The number of aliphatic hydroxyl groups is 1. The first-order chi connectivity index (χ1) is 5.79. The fourth-order valence-corrected chi connectivity index (χ4v) is 2.16. The minimum absolute atomic E-state index is 0.383. The molecule has 0 aromatic carbocycles. The van der Waals surface area contributed by atoms with Gasteiger partial charge in [-0.25, -0.2) is 0 Å². The molecule has 70 valence electrons. The molecular weight excluding hydrogens is 150 g/mol. The van der Waals surface area contributed by atoms with Gasteiger partial charge in [0.15, 0.2) is 0 Å². The average Bonchev–Trinajstić information content (AvgIpc) is 2.76. The molecule has 1 saturated carbocycles. The van der Waals surface area contributed by atoms with Gasteiger partial charge in [-0.1, -0.05) is 6.92 Å². The van der Waals surface area contributed by atoms with Gasteiger partial charge in [0.25, 0.3) is 0 Å². The predicted octanol–water partition coefficient (Wildman–Crippen LogP) is 0.957. The maximum Gasteiger partial charge on any atom is 0.0483 e. The fourth-order valence-electron chi connectivity index (χ4n) is 2.16. The Morgan fingerprint density at radius 2 is 2.08 bits per heavy atom. The standard InChI is InChI=1S/C10H19NO/c1-8(10-2-3-10)4-11-5-9(6-11)7-12/h8-10,12H,2-7H2,1H3. The Morgan fingerprint density at radius 1 is 1.42 bits per heavy atom. The number of nitrogens with zero attached hydrogens (tertiary/aromatic N) is 1. The van der Waals surface area contributed by atoms with E-state index in [1.54, 1.807) is 0 Å². The van der Waals surface area contributed by atoms with E-state index in [-0.39, 0.29) is 0 Å². The topological polar surface area (TPSA) is 23.5 Å². The molecule has 2 aliphatic rings. The van der Waals surface area contributed by atoms with E-state index in [2.05, 4.69) is 11.8 Å². The van der Waals surface area contributed by atoms with E-state index < -0.39 is 0 Å². The lowest BCUT2D eigenvalue weighted by Crippen LogP contribution is -2.49. The van der Waals surface area contributed by atoms with Crippen molar-refractivity contribution in [1.82, 2.24) is 4.90 Å². The van der Waals surface area contributed by atoms with Gasteiger partial charge in [-0.15, -0.1) is 0 Å². The summed E-state index contributed by atoms with van der Waals surface area (Å²) in [5.74, 6) is 2.50. The number of likely N-dealkylation sites (tertiary alicyclic amines) is 1. The Labute approximate surface area is 74.6 Å². The molecule has 1 heterocycles. The highest BCUT2D eigenvalue weighted by Gasteiger charge is 2.32. The molecule has 2 fully saturated rings. The van der Waals surface area contributed by atoms with Crippen LogP contribution in [-0.4, -0.2) is 36.2 Å². The van der Waals surface area contributed by atoms with Gasteiger partial charge in [0.1, 0.15) is 0 Å². The summed E-state index contributed by atoms with van der Waals surface area (Å²) in [7, 11) is 0. The van der Waals surface area contributed by atoms with Gasteiger partial charge in [-0.05, 0) is 24.7 Å². The summed E-state index contributed by atoms with van der Waals surface area (Å²) in [4.78, 5) is 2.48. The van der Waals surface area contributed by atoms with Gasteiger partial charge in [-0.3, -0.25) is 0 Å². The Morgan fingerprint density at radius 3 is 2.58 bits per heavy atom. The SMILES string of the molecule is CC(CN1CC(CO)C1)C1CC1. The zero-order valence-electron chi connectivity index (χ0n) is 7.87. The first kappa shape index (κ1) is 8.52. The monoisotopic (exact) mass is 169 g/mol. The van der Waals surface area contributed by atoms with Crippen molar-refractivity contribution in [2.75, 3.05) is 26.2 Å². The fraction of sp³-hybridized carbons (Fsp3) is 1.00. The van der Waals surface area contributed by atoms with Crippen molar-refractivity contribution in [3.05, 3.63) is 0 Å². The first-order valence-electron chi connectivity index (χ1n) is 5.13. The lowest BCUT2D eigenvalue weighted by Gasteiger charge is -2.39. The second-order valence-electron chi connectivity index (χ2n) is 4.58. The quantitative estimate of drug-likeness (QED) is 0.677. The normalized spacial score (nSPS) is 28.5. The van der Waals surface area contributed by atoms with Crippen molar-refractivity contribution >= 4 is 0 Å². The van der Waals surface area contributed by atoms with Crippen molar-refractivity contribution < 1.29 is 5.11 Å². The molecule has 1 atom stereocenters. The van der Waals surface area contributed by atoms with Crippen molar-refractivity contribution in [2.45, 2.75) is 19.8 Å². The molecule has 0 spiro atoms. The van der Waals surface area contributed by atoms with E-state index in [0.717, 1.165) is 24.9 Å². The van der Waals surface area contributed by atoms with Crippen LogP contribution in [0.25, 0.3) is 0 Å². The summed E-state index contributed by atoms with van der Waals surface area (Å²) in [5, 5.41) is 8.83. The molecule has 1 N–H and O–H groups in total. The van der Waals surface area contributed by atoms with E-state index >= 15 is 0 Å². The highest BCUT2D eigenvalue weighted by atomic mass is 16.3. The smallest absolute Gasteiger partial charge is 0.0483 e. The summed E-state index contributed by atoms with van der Waals surface area (Å²) in [6.07, 6.45) is 2.91. The summed E-state index contributed by atoms with van der Waals surface area (Å²) in [6.45, 7) is 6.28. The molecule has 12 heavy (non-hydrogen) atoms. The van der Waals surface area contributed by atoms with Crippen LogP contribution in [-0.2, 0) is 0 Å². The van der Waals surface area contributed by atoms with E-state index in [1.807, 2.05) is 0 Å². The molecule has 2 heteroatoms. The zero-order chi connectivity index (χ0) is 8.55. The summed E-state index contributed by atoms with van der Waals surface area (Å²) in [6, 6.07) is 0. The van der Waals surface area contributed by atoms with Crippen LogP contribution in [0, 0.1) is 17.8 Å².